The molecule has 3 nitrogen and oxygen atoms in total. The minimum Gasteiger partial charge on any atom is -0.393 e. The predicted octanol–water partition coefficient (Wildman–Crippen LogP) is 2.59. The molecule has 0 saturated carbocycles. The lowest BCUT2D eigenvalue weighted by Crippen LogP contribution is -2.41. The van der Waals surface area contributed by atoms with Crippen molar-refractivity contribution in [3.05, 3.63) is 70.8 Å². The fourth-order valence-corrected chi connectivity index (χ4v) is 4.48. The minimum absolute atomic E-state index is 0.0497. The molecule has 0 amide bonds. The lowest BCUT2D eigenvalue weighted by Gasteiger charge is -2.45. The standard InChI is InChI=1S/C18H12O3/c19-17-15-13-9-5-1-2-6-10(9)14(16(15)18(20)21-17)12-8-4-3-7-11(12)13/h1-8,13-16H/t13?,14?,15-,16-/m0/s1. The van der Waals surface area contributed by atoms with E-state index in [1.165, 1.54) is 22.3 Å². The van der Waals surface area contributed by atoms with Crippen LogP contribution in [0, 0.1) is 11.8 Å². The molecule has 0 spiro atoms. The minimum atomic E-state index is -0.357. The molecule has 2 bridgehead atoms. The van der Waals surface area contributed by atoms with Crippen molar-refractivity contribution >= 4 is 11.9 Å². The molecule has 6 rings (SSSR count). The zero-order valence-corrected chi connectivity index (χ0v) is 11.2. The highest BCUT2D eigenvalue weighted by atomic mass is 16.6. The van der Waals surface area contributed by atoms with Gasteiger partial charge in [0.1, 0.15) is 0 Å². The number of hydrogen-bond acceptors (Lipinski definition) is 3. The van der Waals surface area contributed by atoms with Gasteiger partial charge in [0.25, 0.3) is 0 Å². The van der Waals surface area contributed by atoms with Crippen LogP contribution in [0.4, 0.5) is 0 Å². The van der Waals surface area contributed by atoms with E-state index >= 15 is 0 Å². The second kappa shape index (κ2) is 3.61. The second-order valence-electron chi connectivity index (χ2n) is 6.00. The Morgan fingerprint density at radius 3 is 1.29 bits per heavy atom. The highest BCUT2D eigenvalue weighted by Crippen LogP contribution is 2.60. The number of esters is 2. The largest absolute Gasteiger partial charge is 0.393 e. The Balaban J connectivity index is 1.88. The number of carbonyl (C=O) groups excluding carboxylic acids is 2. The SMILES string of the molecule is O=C1OC(=O)[C@H]2C3c4ccccc4C(c4ccccc43)[C@H]12. The van der Waals surface area contributed by atoms with Crippen molar-refractivity contribution in [3.63, 3.8) is 0 Å². The summed E-state index contributed by atoms with van der Waals surface area (Å²) in [4.78, 5) is 24.4. The van der Waals surface area contributed by atoms with E-state index in [-0.39, 0.29) is 35.6 Å². The average molecular weight is 276 g/mol. The molecule has 0 unspecified atom stereocenters. The molecular weight excluding hydrogens is 264 g/mol. The van der Waals surface area contributed by atoms with E-state index in [1.807, 2.05) is 24.3 Å². The number of benzene rings is 2. The fraction of sp³-hybridized carbons (Fsp3) is 0.222. The van der Waals surface area contributed by atoms with Gasteiger partial charge in [0.15, 0.2) is 0 Å². The molecule has 2 atom stereocenters. The summed E-state index contributed by atoms with van der Waals surface area (Å²) in [5, 5.41) is 0. The van der Waals surface area contributed by atoms with Gasteiger partial charge in [-0.1, -0.05) is 48.5 Å². The normalized spacial score (nSPS) is 31.4. The molecule has 0 aromatic heterocycles. The van der Waals surface area contributed by atoms with E-state index in [4.69, 9.17) is 4.74 Å². The molecule has 3 heteroatoms. The summed E-state index contributed by atoms with van der Waals surface area (Å²) in [5.41, 5.74) is 4.70. The van der Waals surface area contributed by atoms with Gasteiger partial charge in [0, 0.05) is 11.8 Å². The van der Waals surface area contributed by atoms with Crippen LogP contribution in [0.25, 0.3) is 0 Å². The zero-order valence-electron chi connectivity index (χ0n) is 11.2. The first kappa shape index (κ1) is 11.3. The lowest BCUT2D eigenvalue weighted by molar-refractivity contribution is -0.153. The number of cyclic esters (lactones) is 2. The molecule has 21 heavy (non-hydrogen) atoms. The van der Waals surface area contributed by atoms with Crippen LogP contribution < -0.4 is 0 Å². The first-order valence-corrected chi connectivity index (χ1v) is 7.20. The highest BCUT2D eigenvalue weighted by molar-refractivity contribution is 5.99. The van der Waals surface area contributed by atoms with Crippen molar-refractivity contribution in [2.75, 3.05) is 0 Å². The maximum Gasteiger partial charge on any atom is 0.318 e. The highest BCUT2D eigenvalue weighted by Gasteiger charge is 2.60. The molecule has 4 aliphatic rings. The second-order valence-corrected chi connectivity index (χ2v) is 6.00. The van der Waals surface area contributed by atoms with Crippen LogP contribution >= 0.6 is 0 Å². The quantitative estimate of drug-likeness (QED) is 0.548. The summed E-state index contributed by atoms with van der Waals surface area (Å²) in [7, 11) is 0. The monoisotopic (exact) mass is 276 g/mol. The summed E-state index contributed by atoms with van der Waals surface area (Å²) in [5.74, 6) is -1.52. The van der Waals surface area contributed by atoms with E-state index in [0.717, 1.165) is 0 Å². The van der Waals surface area contributed by atoms with Gasteiger partial charge in [-0.2, -0.15) is 0 Å². The topological polar surface area (TPSA) is 43.4 Å². The summed E-state index contributed by atoms with van der Waals surface area (Å²) >= 11 is 0. The molecule has 2 aromatic carbocycles. The summed E-state index contributed by atoms with van der Waals surface area (Å²) in [6.07, 6.45) is 0. The van der Waals surface area contributed by atoms with Crippen molar-refractivity contribution in [2.45, 2.75) is 11.8 Å². The molecule has 2 aromatic rings. The Morgan fingerprint density at radius 2 is 0.952 bits per heavy atom. The van der Waals surface area contributed by atoms with Gasteiger partial charge in [-0.15, -0.1) is 0 Å². The van der Waals surface area contributed by atoms with E-state index in [0.29, 0.717) is 0 Å². The van der Waals surface area contributed by atoms with Crippen LogP contribution in [0.2, 0.25) is 0 Å². The van der Waals surface area contributed by atoms with Gasteiger partial charge in [0.05, 0.1) is 11.8 Å². The molecule has 1 aliphatic heterocycles. The van der Waals surface area contributed by atoms with Crippen LogP contribution in [0.1, 0.15) is 34.1 Å². The third-order valence-electron chi connectivity index (χ3n) is 5.18. The van der Waals surface area contributed by atoms with Crippen LogP contribution in [0.15, 0.2) is 48.5 Å². The van der Waals surface area contributed by atoms with Crippen molar-refractivity contribution in [3.8, 4) is 0 Å². The molecule has 1 saturated heterocycles. The Morgan fingerprint density at radius 1 is 0.619 bits per heavy atom. The molecule has 3 aliphatic carbocycles. The van der Waals surface area contributed by atoms with Crippen LogP contribution in [-0.2, 0) is 14.3 Å². The number of ether oxygens (including phenoxy) is 1. The first-order valence-electron chi connectivity index (χ1n) is 7.20. The van der Waals surface area contributed by atoms with E-state index in [9.17, 15) is 9.59 Å². The molecular formula is C18H12O3. The number of rotatable bonds is 0. The van der Waals surface area contributed by atoms with Crippen molar-refractivity contribution in [1.82, 2.24) is 0 Å². The van der Waals surface area contributed by atoms with E-state index in [2.05, 4.69) is 24.3 Å². The Bertz CT molecular complexity index is 694. The van der Waals surface area contributed by atoms with Crippen molar-refractivity contribution in [2.24, 2.45) is 11.8 Å². The third kappa shape index (κ3) is 1.20. The summed E-state index contributed by atoms with van der Waals surface area (Å²) in [6.45, 7) is 0. The van der Waals surface area contributed by atoms with Gasteiger partial charge < -0.3 is 4.74 Å². The maximum absolute atomic E-state index is 12.2. The number of hydrogen-bond donors (Lipinski definition) is 0. The number of carbonyl (C=O) groups is 2. The van der Waals surface area contributed by atoms with E-state index in [1.54, 1.807) is 0 Å². The van der Waals surface area contributed by atoms with E-state index < -0.39 is 0 Å². The molecule has 1 fully saturated rings. The zero-order chi connectivity index (χ0) is 14.1. The maximum atomic E-state index is 12.2. The summed E-state index contributed by atoms with van der Waals surface area (Å²) in [6, 6.07) is 16.3. The van der Waals surface area contributed by atoms with Crippen LogP contribution in [-0.4, -0.2) is 11.9 Å². The molecule has 1 heterocycles. The predicted molar refractivity (Wildman–Crippen MR) is 74.6 cm³/mol. The van der Waals surface area contributed by atoms with Crippen LogP contribution in [0.3, 0.4) is 0 Å². The fourth-order valence-electron chi connectivity index (χ4n) is 4.48. The summed E-state index contributed by atoms with van der Waals surface area (Å²) < 4.78 is 4.97. The van der Waals surface area contributed by atoms with Gasteiger partial charge in [-0.25, -0.2) is 0 Å². The Kier molecular flexibility index (Phi) is 1.94. The smallest absolute Gasteiger partial charge is 0.318 e. The van der Waals surface area contributed by atoms with Crippen molar-refractivity contribution in [1.29, 1.82) is 0 Å². The molecule has 0 N–H and O–H groups in total. The van der Waals surface area contributed by atoms with Gasteiger partial charge >= 0.3 is 11.9 Å². The third-order valence-corrected chi connectivity index (χ3v) is 5.18. The molecule has 0 radical (unpaired) electrons. The Hall–Kier alpha value is -2.42. The average Bonchev–Trinajstić information content (AvgIpc) is 2.83. The van der Waals surface area contributed by atoms with Gasteiger partial charge in [-0.3, -0.25) is 9.59 Å². The Labute approximate surface area is 121 Å². The lowest BCUT2D eigenvalue weighted by atomic mass is 9.55. The molecule has 102 valence electrons. The first-order chi connectivity index (χ1) is 10.3. The van der Waals surface area contributed by atoms with Gasteiger partial charge in [0.2, 0.25) is 0 Å². The van der Waals surface area contributed by atoms with Gasteiger partial charge in [-0.05, 0) is 22.3 Å². The van der Waals surface area contributed by atoms with Crippen molar-refractivity contribution < 1.29 is 14.3 Å². The van der Waals surface area contributed by atoms with Crippen LogP contribution in [0.5, 0.6) is 0 Å².